The molecular formula is C16H26N4O6S2. The molecule has 4 fully saturated rings. The number of amides is 4. The predicted octanol–water partition coefficient (Wildman–Crippen LogP) is -1.07. The Kier molecular flexibility index (Phi) is 4.97. The molecule has 0 spiro atoms. The summed E-state index contributed by atoms with van der Waals surface area (Å²) in [5.74, 6) is 0.114. The molecular weight excluding hydrogens is 408 g/mol. The van der Waals surface area contributed by atoms with Gasteiger partial charge < -0.3 is 20.4 Å². The van der Waals surface area contributed by atoms with Crippen molar-refractivity contribution in [1.29, 1.82) is 0 Å². The minimum atomic E-state index is -3.07. The molecule has 0 saturated carbocycles. The lowest BCUT2D eigenvalue weighted by Gasteiger charge is -2.22. The van der Waals surface area contributed by atoms with Crippen LogP contribution in [0, 0.1) is 0 Å². The van der Waals surface area contributed by atoms with Gasteiger partial charge in [-0.25, -0.2) is 26.4 Å². The Morgan fingerprint density at radius 3 is 1.46 bits per heavy atom. The van der Waals surface area contributed by atoms with Gasteiger partial charge in [0.05, 0.1) is 47.2 Å². The molecule has 0 aliphatic carbocycles. The molecule has 4 unspecified atom stereocenters. The Labute approximate surface area is 164 Å². The highest BCUT2D eigenvalue weighted by molar-refractivity contribution is 7.92. The van der Waals surface area contributed by atoms with Crippen molar-refractivity contribution in [3.8, 4) is 0 Å². The van der Waals surface area contributed by atoms with Crippen molar-refractivity contribution < 1.29 is 26.4 Å². The lowest BCUT2D eigenvalue weighted by molar-refractivity contribution is 0.202. The summed E-state index contributed by atoms with van der Waals surface area (Å²) in [6, 6.07) is -1.47. The van der Waals surface area contributed by atoms with Crippen molar-refractivity contribution in [3.63, 3.8) is 0 Å². The van der Waals surface area contributed by atoms with Crippen LogP contribution >= 0.6 is 0 Å². The van der Waals surface area contributed by atoms with Crippen molar-refractivity contribution in [2.45, 2.75) is 49.9 Å². The topological polar surface area (TPSA) is 133 Å². The minimum absolute atomic E-state index is 0.0235. The van der Waals surface area contributed by atoms with Crippen LogP contribution in [0.4, 0.5) is 9.59 Å². The van der Waals surface area contributed by atoms with Crippen LogP contribution in [-0.4, -0.2) is 99.0 Å². The fraction of sp³-hybridized carbons (Fsp3) is 0.875. The number of fused-ring (bicyclic) bond motifs is 2. The van der Waals surface area contributed by atoms with Gasteiger partial charge in [-0.2, -0.15) is 0 Å². The number of carbonyl (C=O) groups is 2. The van der Waals surface area contributed by atoms with E-state index in [1.165, 1.54) is 0 Å². The summed E-state index contributed by atoms with van der Waals surface area (Å²) >= 11 is 0. The standard InChI is InChI=1S/C16H26N4O6S2/c21-15-17-11-7-27(23,24)9-13(11)19(15)5-3-1-2-4-6-20-14-10-28(25,26)8-12(14)18-16(20)22/h11-14H,1-10H2,(H,17,21)(H,18,22). The molecule has 4 aliphatic heterocycles. The second-order valence-corrected chi connectivity index (χ2v) is 12.5. The van der Waals surface area contributed by atoms with Crippen LogP contribution in [0.15, 0.2) is 0 Å². The normalized spacial score (nSPS) is 35.0. The average molecular weight is 435 g/mol. The summed E-state index contributed by atoms with van der Waals surface area (Å²) in [7, 11) is -6.15. The van der Waals surface area contributed by atoms with Gasteiger partial charge in [0.1, 0.15) is 0 Å². The smallest absolute Gasteiger partial charge is 0.318 e. The van der Waals surface area contributed by atoms with Crippen LogP contribution in [0.3, 0.4) is 0 Å². The number of sulfone groups is 2. The minimum Gasteiger partial charge on any atom is -0.332 e. The van der Waals surface area contributed by atoms with Crippen molar-refractivity contribution in [3.05, 3.63) is 0 Å². The Morgan fingerprint density at radius 2 is 1.07 bits per heavy atom. The first-order chi connectivity index (χ1) is 13.2. The zero-order chi connectivity index (χ0) is 20.1. The molecule has 28 heavy (non-hydrogen) atoms. The highest BCUT2D eigenvalue weighted by Crippen LogP contribution is 2.26. The molecule has 4 rings (SSSR count). The number of nitrogens with zero attached hydrogens (tertiary/aromatic N) is 2. The van der Waals surface area contributed by atoms with E-state index in [1.54, 1.807) is 9.80 Å². The molecule has 4 atom stereocenters. The summed E-state index contributed by atoms with van der Waals surface area (Å²) in [5, 5.41) is 5.50. The fourth-order valence-electron chi connectivity index (χ4n) is 4.78. The maximum atomic E-state index is 12.0. The quantitative estimate of drug-likeness (QED) is 0.387. The van der Waals surface area contributed by atoms with Gasteiger partial charge in [0.25, 0.3) is 0 Å². The van der Waals surface area contributed by atoms with E-state index in [2.05, 4.69) is 10.6 Å². The Hall–Kier alpha value is -1.56. The van der Waals surface area contributed by atoms with Crippen molar-refractivity contribution in [2.75, 3.05) is 36.1 Å². The van der Waals surface area contributed by atoms with E-state index in [1.807, 2.05) is 0 Å². The largest absolute Gasteiger partial charge is 0.332 e. The number of hydrogen-bond acceptors (Lipinski definition) is 6. The zero-order valence-electron chi connectivity index (χ0n) is 15.5. The molecule has 0 aromatic heterocycles. The third kappa shape index (κ3) is 3.80. The van der Waals surface area contributed by atoms with Gasteiger partial charge in [0.15, 0.2) is 19.7 Å². The Bertz CT molecular complexity index is 802. The molecule has 2 N–H and O–H groups in total. The maximum Gasteiger partial charge on any atom is 0.318 e. The lowest BCUT2D eigenvalue weighted by Crippen LogP contribution is -2.38. The highest BCUT2D eigenvalue weighted by atomic mass is 32.2. The van der Waals surface area contributed by atoms with Crippen LogP contribution < -0.4 is 10.6 Å². The second-order valence-electron chi connectivity index (χ2n) is 8.20. The van der Waals surface area contributed by atoms with Crippen LogP contribution in [-0.2, 0) is 19.7 Å². The van der Waals surface area contributed by atoms with Gasteiger partial charge in [-0.15, -0.1) is 0 Å². The Morgan fingerprint density at radius 1 is 0.679 bits per heavy atom. The monoisotopic (exact) mass is 434 g/mol. The SMILES string of the molecule is O=C1NC2CS(=O)(=O)CC2N1CCCCCCN1C(=O)NC2CS(=O)(=O)CC21. The second kappa shape index (κ2) is 7.05. The number of nitrogens with one attached hydrogen (secondary N) is 2. The molecule has 0 radical (unpaired) electrons. The fourth-order valence-corrected chi connectivity index (χ4v) is 8.63. The maximum absolute atomic E-state index is 12.0. The first-order valence-electron chi connectivity index (χ1n) is 9.70. The highest BCUT2D eigenvalue weighted by Gasteiger charge is 2.49. The van der Waals surface area contributed by atoms with Crippen LogP contribution in [0.5, 0.6) is 0 Å². The third-order valence-electron chi connectivity index (χ3n) is 6.13. The van der Waals surface area contributed by atoms with E-state index in [4.69, 9.17) is 0 Å². The van der Waals surface area contributed by atoms with Crippen molar-refractivity contribution in [2.24, 2.45) is 0 Å². The molecule has 4 amide bonds. The van der Waals surface area contributed by atoms with Crippen molar-refractivity contribution in [1.82, 2.24) is 20.4 Å². The number of carbonyl (C=O) groups excluding carboxylic acids is 2. The van der Waals surface area contributed by atoms with Gasteiger partial charge in [0.2, 0.25) is 0 Å². The number of hydrogen-bond donors (Lipinski definition) is 2. The van der Waals surface area contributed by atoms with Crippen molar-refractivity contribution >= 4 is 31.7 Å². The molecule has 4 aliphatic rings. The predicted molar refractivity (Wildman–Crippen MR) is 101 cm³/mol. The summed E-state index contributed by atoms with van der Waals surface area (Å²) in [5.41, 5.74) is 0. The van der Waals surface area contributed by atoms with E-state index in [-0.39, 0.29) is 59.2 Å². The van der Waals surface area contributed by atoms with Gasteiger partial charge in [-0.3, -0.25) is 0 Å². The Balaban J connectivity index is 1.18. The molecule has 4 saturated heterocycles. The number of unbranched alkanes of at least 4 members (excludes halogenated alkanes) is 3. The van der Waals surface area contributed by atoms with E-state index < -0.39 is 19.7 Å². The van der Waals surface area contributed by atoms with Gasteiger partial charge in [-0.05, 0) is 12.8 Å². The summed E-state index contributed by atoms with van der Waals surface area (Å²) in [4.78, 5) is 27.3. The van der Waals surface area contributed by atoms with E-state index in [0.29, 0.717) is 13.1 Å². The number of urea groups is 2. The van der Waals surface area contributed by atoms with E-state index in [0.717, 1.165) is 25.7 Å². The third-order valence-corrected chi connectivity index (χ3v) is 9.57. The zero-order valence-corrected chi connectivity index (χ0v) is 17.2. The van der Waals surface area contributed by atoms with Crippen LogP contribution in [0.25, 0.3) is 0 Å². The molecule has 4 heterocycles. The van der Waals surface area contributed by atoms with Gasteiger partial charge >= 0.3 is 12.1 Å². The molecule has 10 nitrogen and oxygen atoms in total. The molecule has 0 bridgehead atoms. The van der Waals surface area contributed by atoms with Crippen LogP contribution in [0.1, 0.15) is 25.7 Å². The van der Waals surface area contributed by atoms with E-state index in [9.17, 15) is 26.4 Å². The molecule has 12 heteroatoms. The van der Waals surface area contributed by atoms with E-state index >= 15 is 0 Å². The number of rotatable bonds is 7. The average Bonchev–Trinajstić information content (AvgIpc) is 3.20. The lowest BCUT2D eigenvalue weighted by atomic mass is 10.1. The molecule has 0 aromatic rings. The molecule has 158 valence electrons. The summed E-state index contributed by atoms with van der Waals surface area (Å²) in [6.45, 7) is 1.05. The summed E-state index contributed by atoms with van der Waals surface area (Å²) in [6.07, 6.45) is 3.25. The first kappa shape index (κ1) is 19.7. The molecule has 0 aromatic carbocycles. The summed E-state index contributed by atoms with van der Waals surface area (Å²) < 4.78 is 46.9. The first-order valence-corrected chi connectivity index (χ1v) is 13.3. The van der Waals surface area contributed by atoms with Crippen LogP contribution in [0.2, 0.25) is 0 Å². The van der Waals surface area contributed by atoms with Gasteiger partial charge in [-0.1, -0.05) is 12.8 Å². The van der Waals surface area contributed by atoms with Gasteiger partial charge in [0, 0.05) is 13.1 Å².